The van der Waals surface area contributed by atoms with E-state index in [1.807, 2.05) is 0 Å². The van der Waals surface area contributed by atoms with Crippen molar-refractivity contribution in [3.05, 3.63) is 24.3 Å². The molecule has 0 fully saturated rings. The van der Waals surface area contributed by atoms with Crippen molar-refractivity contribution in [2.45, 2.75) is 18.6 Å². The highest BCUT2D eigenvalue weighted by molar-refractivity contribution is 5.98. The maximum atomic E-state index is 11.7. The summed E-state index contributed by atoms with van der Waals surface area (Å²) < 4.78 is 5.41. The van der Waals surface area contributed by atoms with Gasteiger partial charge in [0.1, 0.15) is 5.75 Å². The molecule has 0 spiro atoms. The van der Waals surface area contributed by atoms with E-state index in [0.29, 0.717) is 11.4 Å². The zero-order valence-electron chi connectivity index (χ0n) is 8.92. The van der Waals surface area contributed by atoms with Crippen molar-refractivity contribution >= 4 is 17.6 Å². The van der Waals surface area contributed by atoms with Crippen LogP contribution in [0.15, 0.2) is 24.3 Å². The lowest BCUT2D eigenvalue weighted by Gasteiger charge is -2.28. The van der Waals surface area contributed by atoms with E-state index in [1.54, 1.807) is 24.3 Å². The number of benzene rings is 1. The Morgan fingerprint density at radius 3 is 2.94 bits per heavy atom. The van der Waals surface area contributed by atoms with Crippen LogP contribution in [0.2, 0.25) is 0 Å². The molecule has 1 heterocycles. The topological polar surface area (TPSA) is 102 Å². The number of carbonyl (C=O) groups is 2. The van der Waals surface area contributed by atoms with Gasteiger partial charge in [-0.15, -0.1) is 0 Å². The lowest BCUT2D eigenvalue weighted by atomic mass is 10.1. The Kier molecular flexibility index (Phi) is 2.97. The molecule has 17 heavy (non-hydrogen) atoms. The van der Waals surface area contributed by atoms with Crippen molar-refractivity contribution in [2.24, 2.45) is 5.73 Å². The smallest absolute Gasteiger partial charge is 0.305 e. The second kappa shape index (κ2) is 4.42. The van der Waals surface area contributed by atoms with Gasteiger partial charge in [0.05, 0.1) is 18.2 Å². The number of carboxylic acid groups (broad SMARTS) is 1. The Labute approximate surface area is 97.4 Å². The first-order valence-electron chi connectivity index (χ1n) is 5.12. The second-order valence-electron chi connectivity index (χ2n) is 3.79. The zero-order chi connectivity index (χ0) is 12.4. The third-order valence-electron chi connectivity index (χ3n) is 2.46. The monoisotopic (exact) mass is 236 g/mol. The predicted molar refractivity (Wildman–Crippen MR) is 59.7 cm³/mol. The van der Waals surface area contributed by atoms with Gasteiger partial charge in [0.25, 0.3) is 5.91 Å². The van der Waals surface area contributed by atoms with Gasteiger partial charge < -0.3 is 20.9 Å². The van der Waals surface area contributed by atoms with E-state index in [1.165, 1.54) is 0 Å². The number of para-hydroxylation sites is 2. The van der Waals surface area contributed by atoms with E-state index in [-0.39, 0.29) is 6.42 Å². The lowest BCUT2D eigenvalue weighted by molar-refractivity contribution is -0.138. The van der Waals surface area contributed by atoms with E-state index >= 15 is 0 Å². The summed E-state index contributed by atoms with van der Waals surface area (Å²) in [7, 11) is 0. The zero-order valence-corrected chi connectivity index (χ0v) is 8.92. The quantitative estimate of drug-likeness (QED) is 0.695. The Bertz CT molecular complexity index is 461. The largest absolute Gasteiger partial charge is 0.481 e. The fraction of sp³-hybridized carbons (Fsp3) is 0.273. The average molecular weight is 236 g/mol. The van der Waals surface area contributed by atoms with Gasteiger partial charge in [-0.3, -0.25) is 9.59 Å². The number of hydrogen-bond donors (Lipinski definition) is 3. The molecule has 4 N–H and O–H groups in total. The molecular weight excluding hydrogens is 224 g/mol. The molecule has 0 aliphatic carbocycles. The van der Waals surface area contributed by atoms with Crippen LogP contribution < -0.4 is 15.8 Å². The van der Waals surface area contributed by atoms with Crippen LogP contribution in [0, 0.1) is 0 Å². The average Bonchev–Trinajstić information content (AvgIpc) is 2.27. The maximum absolute atomic E-state index is 11.7. The normalized spacial score (nSPS) is 19.8. The molecule has 6 nitrogen and oxygen atoms in total. The van der Waals surface area contributed by atoms with Crippen molar-refractivity contribution in [1.82, 2.24) is 0 Å². The number of ether oxygens (including phenoxy) is 1. The molecule has 0 radical (unpaired) electrons. The fourth-order valence-electron chi connectivity index (χ4n) is 1.66. The molecule has 1 aromatic rings. The van der Waals surface area contributed by atoms with E-state index in [2.05, 4.69) is 5.32 Å². The van der Waals surface area contributed by atoms with Gasteiger partial charge in [-0.2, -0.15) is 0 Å². The molecule has 0 aromatic heterocycles. The highest BCUT2D eigenvalue weighted by Crippen LogP contribution is 2.29. The molecule has 2 rings (SSSR count). The van der Waals surface area contributed by atoms with Crippen LogP contribution in [0.5, 0.6) is 5.75 Å². The molecule has 2 unspecified atom stereocenters. The summed E-state index contributed by atoms with van der Waals surface area (Å²) in [4.78, 5) is 22.2. The summed E-state index contributed by atoms with van der Waals surface area (Å²) in [6, 6.07) is 6.04. The van der Waals surface area contributed by atoms with Crippen LogP contribution in [0.25, 0.3) is 0 Å². The number of carbonyl (C=O) groups excluding carboxylic acids is 1. The molecule has 1 aliphatic heterocycles. The molecule has 1 aromatic carbocycles. The summed E-state index contributed by atoms with van der Waals surface area (Å²) >= 11 is 0. The van der Waals surface area contributed by atoms with Gasteiger partial charge in [-0.25, -0.2) is 0 Å². The summed E-state index contributed by atoms with van der Waals surface area (Å²) in [6.07, 6.45) is -1.29. The Balaban J connectivity index is 2.17. The minimum absolute atomic E-state index is 0.319. The Hall–Kier alpha value is -2.08. The number of aliphatic carboxylic acids is 1. The number of fused-ring (bicyclic) bond motifs is 1. The Morgan fingerprint density at radius 2 is 2.24 bits per heavy atom. The second-order valence-corrected chi connectivity index (χ2v) is 3.79. The molecule has 0 saturated heterocycles. The molecular formula is C11H12N2O4. The minimum Gasteiger partial charge on any atom is -0.481 e. The number of hydrogen-bond acceptors (Lipinski definition) is 4. The minimum atomic E-state index is -1.06. The summed E-state index contributed by atoms with van der Waals surface area (Å²) in [5, 5.41) is 11.3. The van der Waals surface area contributed by atoms with Crippen molar-refractivity contribution in [1.29, 1.82) is 0 Å². The molecule has 0 bridgehead atoms. The third-order valence-corrected chi connectivity index (χ3v) is 2.46. The third kappa shape index (κ3) is 2.36. The highest BCUT2D eigenvalue weighted by Gasteiger charge is 2.33. The van der Waals surface area contributed by atoms with Crippen molar-refractivity contribution < 1.29 is 19.4 Å². The predicted octanol–water partition coefficient (Wildman–Crippen LogP) is 0.188. The van der Waals surface area contributed by atoms with Gasteiger partial charge in [0.15, 0.2) is 6.10 Å². The first-order valence-corrected chi connectivity index (χ1v) is 5.12. The van der Waals surface area contributed by atoms with E-state index in [4.69, 9.17) is 15.6 Å². The van der Waals surface area contributed by atoms with Gasteiger partial charge in [-0.05, 0) is 12.1 Å². The van der Waals surface area contributed by atoms with Gasteiger partial charge in [-0.1, -0.05) is 12.1 Å². The highest BCUT2D eigenvalue weighted by atomic mass is 16.5. The molecule has 1 aliphatic rings. The van der Waals surface area contributed by atoms with E-state index in [9.17, 15) is 9.59 Å². The lowest BCUT2D eigenvalue weighted by Crippen LogP contribution is -2.50. The van der Waals surface area contributed by atoms with Crippen LogP contribution in [-0.4, -0.2) is 29.1 Å². The summed E-state index contributed by atoms with van der Waals surface area (Å²) in [5.41, 5.74) is 6.20. The number of amides is 1. The summed E-state index contributed by atoms with van der Waals surface area (Å²) in [6.45, 7) is 0. The van der Waals surface area contributed by atoms with E-state index in [0.717, 1.165) is 0 Å². The molecule has 2 atom stereocenters. The Morgan fingerprint density at radius 1 is 1.53 bits per heavy atom. The van der Waals surface area contributed by atoms with Crippen molar-refractivity contribution in [3.63, 3.8) is 0 Å². The molecule has 1 amide bonds. The van der Waals surface area contributed by atoms with Crippen LogP contribution in [0.1, 0.15) is 6.42 Å². The first kappa shape index (κ1) is 11.4. The van der Waals surface area contributed by atoms with Crippen LogP contribution in [0.4, 0.5) is 5.69 Å². The number of anilines is 1. The number of carboxylic acids is 1. The van der Waals surface area contributed by atoms with E-state index < -0.39 is 24.0 Å². The van der Waals surface area contributed by atoms with Crippen molar-refractivity contribution in [3.8, 4) is 5.75 Å². The first-order chi connectivity index (χ1) is 8.08. The maximum Gasteiger partial charge on any atom is 0.305 e. The van der Waals surface area contributed by atoms with Gasteiger partial charge in [0, 0.05) is 0 Å². The van der Waals surface area contributed by atoms with Crippen molar-refractivity contribution in [2.75, 3.05) is 5.32 Å². The van der Waals surface area contributed by atoms with Crippen LogP contribution in [-0.2, 0) is 9.59 Å². The van der Waals surface area contributed by atoms with Gasteiger partial charge in [0.2, 0.25) is 0 Å². The fourth-order valence-corrected chi connectivity index (χ4v) is 1.66. The van der Waals surface area contributed by atoms with Crippen LogP contribution >= 0.6 is 0 Å². The molecule has 90 valence electrons. The number of nitrogens with two attached hydrogens (primary N) is 1. The van der Waals surface area contributed by atoms with Gasteiger partial charge >= 0.3 is 5.97 Å². The number of nitrogens with one attached hydrogen (secondary N) is 1. The SMILES string of the molecule is NC(CC(=O)O)C1Oc2ccccc2NC1=O. The van der Waals surface area contributed by atoms with Crippen LogP contribution in [0.3, 0.4) is 0 Å². The molecule has 0 saturated carbocycles. The summed E-state index contributed by atoms with van der Waals surface area (Å²) in [5.74, 6) is -0.983. The number of rotatable bonds is 3. The standard InChI is InChI=1S/C11H12N2O4/c12-6(5-9(14)15)10-11(16)13-7-3-1-2-4-8(7)17-10/h1-4,6,10H,5,12H2,(H,13,16)(H,14,15). The molecule has 6 heteroatoms.